The van der Waals surface area contributed by atoms with Crippen molar-refractivity contribution in [3.05, 3.63) is 5.82 Å². The average Bonchev–Trinajstić information content (AvgIpc) is 3.38. The van der Waals surface area contributed by atoms with Gasteiger partial charge in [-0.15, -0.1) is 10.2 Å². The Morgan fingerprint density at radius 2 is 1.95 bits per heavy atom. The van der Waals surface area contributed by atoms with Crippen LogP contribution in [0, 0.1) is 0 Å². The molecule has 0 amide bonds. The van der Waals surface area contributed by atoms with Crippen molar-refractivity contribution >= 4 is 11.8 Å². The van der Waals surface area contributed by atoms with E-state index in [1.165, 1.54) is 44.3 Å². The summed E-state index contributed by atoms with van der Waals surface area (Å²) in [6.45, 7) is 5.56. The van der Waals surface area contributed by atoms with Crippen LogP contribution in [-0.4, -0.2) is 33.1 Å². The third-order valence-electron chi connectivity index (χ3n) is 4.30. The maximum absolute atomic E-state index is 4.46. The van der Waals surface area contributed by atoms with E-state index in [0.29, 0.717) is 18.0 Å². The second-order valence-electron chi connectivity index (χ2n) is 6.03. The lowest BCUT2D eigenvalue weighted by molar-refractivity contribution is 0.501. The van der Waals surface area contributed by atoms with Crippen LogP contribution in [0.1, 0.15) is 70.2 Å². The Kier molecular flexibility index (Phi) is 4.66. The number of nitrogens with zero attached hydrogens (tertiary/aromatic N) is 3. The van der Waals surface area contributed by atoms with Crippen molar-refractivity contribution < 1.29 is 0 Å². The first-order valence-corrected chi connectivity index (χ1v) is 9.13. The van der Waals surface area contributed by atoms with Crippen LogP contribution in [-0.2, 0) is 0 Å². The minimum atomic E-state index is 0.666. The van der Waals surface area contributed by atoms with E-state index in [-0.39, 0.29) is 0 Å². The molecule has 0 radical (unpaired) electrons. The van der Waals surface area contributed by atoms with Crippen molar-refractivity contribution in [1.29, 1.82) is 0 Å². The minimum absolute atomic E-state index is 0.666. The third kappa shape index (κ3) is 3.37. The van der Waals surface area contributed by atoms with E-state index < -0.39 is 0 Å². The molecule has 20 heavy (non-hydrogen) atoms. The van der Waals surface area contributed by atoms with E-state index in [2.05, 4.69) is 33.9 Å². The van der Waals surface area contributed by atoms with Gasteiger partial charge in [0.1, 0.15) is 5.82 Å². The Balaban J connectivity index is 1.52. The fourth-order valence-electron chi connectivity index (χ4n) is 2.67. The van der Waals surface area contributed by atoms with Gasteiger partial charge >= 0.3 is 0 Å². The van der Waals surface area contributed by atoms with Crippen LogP contribution >= 0.6 is 11.8 Å². The van der Waals surface area contributed by atoms with E-state index >= 15 is 0 Å². The quantitative estimate of drug-likeness (QED) is 0.560. The molecule has 112 valence electrons. The van der Waals surface area contributed by atoms with Crippen LogP contribution < -0.4 is 5.32 Å². The van der Waals surface area contributed by atoms with Gasteiger partial charge in [-0.2, -0.15) is 0 Å². The summed E-state index contributed by atoms with van der Waals surface area (Å²) in [5, 5.41) is 13.7. The predicted octanol–water partition coefficient (Wildman–Crippen LogP) is 3.36. The van der Waals surface area contributed by atoms with Crippen molar-refractivity contribution in [2.24, 2.45) is 0 Å². The van der Waals surface area contributed by atoms with Gasteiger partial charge in [0.2, 0.25) is 0 Å². The van der Waals surface area contributed by atoms with Gasteiger partial charge in [-0.05, 0) is 38.5 Å². The van der Waals surface area contributed by atoms with Gasteiger partial charge < -0.3 is 9.88 Å². The predicted molar refractivity (Wildman–Crippen MR) is 83.4 cm³/mol. The number of rotatable bonds is 9. The van der Waals surface area contributed by atoms with Gasteiger partial charge in [0.05, 0.1) is 0 Å². The summed E-state index contributed by atoms with van der Waals surface area (Å²) in [5.74, 6) is 3.06. The Labute approximate surface area is 126 Å². The Hall–Kier alpha value is -0.550. The lowest BCUT2D eigenvalue weighted by Gasteiger charge is -2.14. The van der Waals surface area contributed by atoms with Gasteiger partial charge in [-0.1, -0.05) is 25.6 Å². The lowest BCUT2D eigenvalue weighted by atomic mass is 10.2. The molecule has 0 aromatic carbocycles. The standard InChI is InChI=1S/C15H26N4S/c1-3-12(4-2)16-9-10-20-15-18-17-14(11-5-6-11)19(15)13-7-8-13/h11-13,16H,3-10H2,1-2H3. The van der Waals surface area contributed by atoms with E-state index in [1.54, 1.807) is 0 Å². The summed E-state index contributed by atoms with van der Waals surface area (Å²) in [7, 11) is 0. The maximum atomic E-state index is 4.46. The number of aromatic nitrogens is 3. The number of hydrogen-bond acceptors (Lipinski definition) is 4. The highest BCUT2D eigenvalue weighted by molar-refractivity contribution is 7.99. The molecular formula is C15H26N4S. The van der Waals surface area contributed by atoms with E-state index in [1.807, 2.05) is 11.8 Å². The van der Waals surface area contributed by atoms with Crippen LogP contribution in [0.15, 0.2) is 5.16 Å². The van der Waals surface area contributed by atoms with Crippen molar-refractivity contribution in [2.75, 3.05) is 12.3 Å². The topological polar surface area (TPSA) is 42.7 Å². The molecule has 0 aliphatic heterocycles. The molecule has 1 N–H and O–H groups in total. The number of nitrogens with one attached hydrogen (secondary N) is 1. The van der Waals surface area contributed by atoms with Crippen LogP contribution in [0.4, 0.5) is 0 Å². The maximum Gasteiger partial charge on any atom is 0.191 e. The molecule has 5 heteroatoms. The molecule has 2 fully saturated rings. The highest BCUT2D eigenvalue weighted by Gasteiger charge is 2.36. The van der Waals surface area contributed by atoms with Gasteiger partial charge in [0, 0.05) is 30.3 Å². The third-order valence-corrected chi connectivity index (χ3v) is 5.24. The summed E-state index contributed by atoms with van der Waals surface area (Å²) in [4.78, 5) is 0. The van der Waals surface area contributed by atoms with Crippen LogP contribution in [0.25, 0.3) is 0 Å². The zero-order valence-corrected chi connectivity index (χ0v) is 13.5. The summed E-state index contributed by atoms with van der Waals surface area (Å²) >= 11 is 1.87. The largest absolute Gasteiger partial charge is 0.313 e. The second kappa shape index (κ2) is 6.48. The Bertz CT molecular complexity index is 433. The van der Waals surface area contributed by atoms with Gasteiger partial charge in [0.25, 0.3) is 0 Å². The summed E-state index contributed by atoms with van der Waals surface area (Å²) in [6, 6.07) is 1.37. The Morgan fingerprint density at radius 1 is 1.20 bits per heavy atom. The smallest absolute Gasteiger partial charge is 0.191 e. The van der Waals surface area contributed by atoms with Crippen LogP contribution in [0.3, 0.4) is 0 Å². The second-order valence-corrected chi connectivity index (χ2v) is 7.09. The zero-order chi connectivity index (χ0) is 13.9. The van der Waals surface area contributed by atoms with Gasteiger partial charge in [0.15, 0.2) is 5.16 Å². The number of hydrogen-bond donors (Lipinski definition) is 1. The molecule has 2 aliphatic rings. The molecule has 0 atom stereocenters. The highest BCUT2D eigenvalue weighted by Crippen LogP contribution is 2.45. The molecule has 1 heterocycles. The van der Waals surface area contributed by atoms with Crippen molar-refractivity contribution in [1.82, 2.24) is 20.1 Å². The summed E-state index contributed by atoms with van der Waals surface area (Å²) < 4.78 is 2.44. The average molecular weight is 294 g/mol. The molecule has 2 aliphatic carbocycles. The van der Waals surface area contributed by atoms with Crippen molar-refractivity contribution in [3.63, 3.8) is 0 Å². The van der Waals surface area contributed by atoms with Crippen molar-refractivity contribution in [2.45, 2.75) is 75.5 Å². The number of thioether (sulfide) groups is 1. The minimum Gasteiger partial charge on any atom is -0.313 e. The lowest BCUT2D eigenvalue weighted by Crippen LogP contribution is -2.29. The molecule has 0 bridgehead atoms. The summed E-state index contributed by atoms with van der Waals surface area (Å²) in [6.07, 6.45) is 7.68. The normalized spacial score (nSPS) is 18.9. The monoisotopic (exact) mass is 294 g/mol. The highest BCUT2D eigenvalue weighted by atomic mass is 32.2. The first-order valence-electron chi connectivity index (χ1n) is 8.14. The molecular weight excluding hydrogens is 268 g/mol. The van der Waals surface area contributed by atoms with Crippen LogP contribution in [0.5, 0.6) is 0 Å². The first-order chi connectivity index (χ1) is 9.83. The molecule has 0 unspecified atom stereocenters. The molecule has 0 saturated heterocycles. The van der Waals surface area contributed by atoms with E-state index in [0.717, 1.165) is 17.5 Å². The van der Waals surface area contributed by atoms with E-state index in [4.69, 9.17) is 0 Å². The summed E-state index contributed by atoms with van der Waals surface area (Å²) in [5.41, 5.74) is 0. The fraction of sp³-hybridized carbons (Fsp3) is 0.867. The molecule has 3 rings (SSSR count). The van der Waals surface area contributed by atoms with Crippen LogP contribution in [0.2, 0.25) is 0 Å². The van der Waals surface area contributed by atoms with Gasteiger partial charge in [-0.3, -0.25) is 0 Å². The Morgan fingerprint density at radius 3 is 2.55 bits per heavy atom. The molecule has 1 aromatic heterocycles. The molecule has 2 saturated carbocycles. The molecule has 4 nitrogen and oxygen atoms in total. The van der Waals surface area contributed by atoms with Gasteiger partial charge in [-0.25, -0.2) is 0 Å². The van der Waals surface area contributed by atoms with E-state index in [9.17, 15) is 0 Å². The fourth-order valence-corrected chi connectivity index (χ4v) is 3.55. The zero-order valence-electron chi connectivity index (χ0n) is 12.6. The SMILES string of the molecule is CCC(CC)NCCSc1nnc(C2CC2)n1C1CC1. The molecule has 0 spiro atoms. The van der Waals surface area contributed by atoms with Crippen molar-refractivity contribution in [3.8, 4) is 0 Å². The molecule has 1 aromatic rings. The first kappa shape index (κ1) is 14.4.